The van der Waals surface area contributed by atoms with E-state index in [1.807, 2.05) is 18.3 Å². The van der Waals surface area contributed by atoms with Crippen LogP contribution in [0.3, 0.4) is 0 Å². The predicted octanol–water partition coefficient (Wildman–Crippen LogP) is 4.05. The molecule has 4 rings (SSSR count). The lowest BCUT2D eigenvalue weighted by molar-refractivity contribution is 0.251. The lowest BCUT2D eigenvalue weighted by Crippen LogP contribution is -2.33. The first-order valence-corrected chi connectivity index (χ1v) is 8.96. The van der Waals surface area contributed by atoms with E-state index in [9.17, 15) is 4.79 Å². The summed E-state index contributed by atoms with van der Waals surface area (Å²) in [4.78, 5) is 16.5. The highest BCUT2D eigenvalue weighted by Crippen LogP contribution is 2.42. The van der Waals surface area contributed by atoms with Crippen molar-refractivity contribution in [2.75, 3.05) is 19.0 Å². The SMILES string of the molecule is COc1ccc(NC(=O)NCC2c3c(Br)cccc3-c3cncn32)cc1. The number of halogens is 1. The zero-order valence-corrected chi connectivity index (χ0v) is 15.7. The fraction of sp³-hybridized carbons (Fsp3) is 0.158. The molecule has 7 heteroatoms. The van der Waals surface area contributed by atoms with Gasteiger partial charge in [0.05, 0.1) is 31.4 Å². The van der Waals surface area contributed by atoms with E-state index in [0.717, 1.165) is 27.0 Å². The highest BCUT2D eigenvalue weighted by molar-refractivity contribution is 9.10. The second-order valence-corrected chi connectivity index (χ2v) is 6.82. The van der Waals surface area contributed by atoms with Crippen molar-refractivity contribution in [1.82, 2.24) is 14.9 Å². The van der Waals surface area contributed by atoms with Crippen LogP contribution in [0.15, 0.2) is 59.5 Å². The third kappa shape index (κ3) is 2.94. The molecule has 2 N–H and O–H groups in total. The van der Waals surface area contributed by atoms with Crippen LogP contribution in [0.5, 0.6) is 5.75 Å². The van der Waals surface area contributed by atoms with Crippen molar-refractivity contribution in [3.63, 3.8) is 0 Å². The average molecular weight is 413 g/mol. The molecule has 0 spiro atoms. The largest absolute Gasteiger partial charge is 0.497 e. The van der Waals surface area contributed by atoms with Crippen molar-refractivity contribution in [2.45, 2.75) is 6.04 Å². The van der Waals surface area contributed by atoms with Crippen molar-refractivity contribution in [3.05, 3.63) is 65.0 Å². The van der Waals surface area contributed by atoms with Crippen molar-refractivity contribution >= 4 is 27.6 Å². The highest BCUT2D eigenvalue weighted by atomic mass is 79.9. The van der Waals surface area contributed by atoms with Gasteiger partial charge in [-0.05, 0) is 30.3 Å². The maximum absolute atomic E-state index is 12.3. The van der Waals surface area contributed by atoms with Crippen molar-refractivity contribution in [2.24, 2.45) is 0 Å². The van der Waals surface area contributed by atoms with Gasteiger partial charge in [-0.15, -0.1) is 0 Å². The van der Waals surface area contributed by atoms with E-state index >= 15 is 0 Å². The first-order chi connectivity index (χ1) is 12.7. The van der Waals surface area contributed by atoms with Crippen LogP contribution < -0.4 is 15.4 Å². The third-order valence-electron chi connectivity index (χ3n) is 4.47. The minimum absolute atomic E-state index is 0.000285. The molecule has 132 valence electrons. The lowest BCUT2D eigenvalue weighted by Gasteiger charge is -2.17. The van der Waals surface area contributed by atoms with Crippen LogP contribution in [0.4, 0.5) is 10.5 Å². The Morgan fingerprint density at radius 1 is 1.27 bits per heavy atom. The summed E-state index contributed by atoms with van der Waals surface area (Å²) in [7, 11) is 1.61. The number of benzene rings is 2. The average Bonchev–Trinajstić information content (AvgIpc) is 3.23. The summed E-state index contributed by atoms with van der Waals surface area (Å²) in [6.07, 6.45) is 3.65. The molecule has 1 aliphatic rings. The number of anilines is 1. The standard InChI is InChI=1S/C19H17BrN4O2/c1-26-13-7-5-12(6-8-13)23-19(25)22-10-17-18-14(3-2-4-15(18)20)16-9-21-11-24(16)17/h2-9,11,17H,10H2,1H3,(H2,22,23,25). The van der Waals surface area contributed by atoms with Gasteiger partial charge in [0, 0.05) is 27.8 Å². The second-order valence-electron chi connectivity index (χ2n) is 5.97. The zero-order valence-electron chi connectivity index (χ0n) is 14.1. The second kappa shape index (κ2) is 6.84. The van der Waals surface area contributed by atoms with Gasteiger partial charge in [-0.1, -0.05) is 28.1 Å². The Morgan fingerprint density at radius 2 is 2.08 bits per heavy atom. The van der Waals surface area contributed by atoms with Gasteiger partial charge in [0.2, 0.25) is 0 Å². The fourth-order valence-electron chi connectivity index (χ4n) is 3.24. The minimum Gasteiger partial charge on any atom is -0.497 e. The number of fused-ring (bicyclic) bond motifs is 3. The van der Waals surface area contributed by atoms with Crippen LogP contribution in [0.1, 0.15) is 11.6 Å². The molecular formula is C19H17BrN4O2. The van der Waals surface area contributed by atoms with Crippen molar-refractivity contribution in [1.29, 1.82) is 0 Å². The van der Waals surface area contributed by atoms with Crippen LogP contribution in [0.2, 0.25) is 0 Å². The van der Waals surface area contributed by atoms with Crippen LogP contribution in [-0.4, -0.2) is 29.2 Å². The fourth-order valence-corrected chi connectivity index (χ4v) is 3.87. The number of ether oxygens (including phenoxy) is 1. The first-order valence-electron chi connectivity index (χ1n) is 8.17. The zero-order chi connectivity index (χ0) is 18.1. The lowest BCUT2D eigenvalue weighted by atomic mass is 10.0. The number of aromatic nitrogens is 2. The van der Waals surface area contributed by atoms with Gasteiger partial charge in [0.25, 0.3) is 0 Å². The molecule has 0 saturated carbocycles. The van der Waals surface area contributed by atoms with E-state index in [-0.39, 0.29) is 12.1 Å². The summed E-state index contributed by atoms with van der Waals surface area (Å²) in [5, 5.41) is 5.78. The summed E-state index contributed by atoms with van der Waals surface area (Å²) < 4.78 is 8.23. The van der Waals surface area contributed by atoms with Gasteiger partial charge in [-0.2, -0.15) is 0 Å². The Balaban J connectivity index is 1.47. The van der Waals surface area contributed by atoms with Crippen LogP contribution in [-0.2, 0) is 0 Å². The molecule has 2 heterocycles. The molecular weight excluding hydrogens is 396 g/mol. The van der Waals surface area contributed by atoms with E-state index in [4.69, 9.17) is 4.74 Å². The monoisotopic (exact) mass is 412 g/mol. The third-order valence-corrected chi connectivity index (χ3v) is 5.16. The molecule has 6 nitrogen and oxygen atoms in total. The van der Waals surface area contributed by atoms with Gasteiger partial charge < -0.3 is 19.9 Å². The Kier molecular flexibility index (Phi) is 4.38. The number of carbonyl (C=O) groups excluding carboxylic acids is 1. The van der Waals surface area contributed by atoms with Gasteiger partial charge in [0.1, 0.15) is 5.75 Å². The van der Waals surface area contributed by atoms with Gasteiger partial charge >= 0.3 is 6.03 Å². The summed E-state index contributed by atoms with van der Waals surface area (Å²) in [5.74, 6) is 0.746. The van der Waals surface area contributed by atoms with Gasteiger partial charge in [-0.25, -0.2) is 9.78 Å². The van der Waals surface area contributed by atoms with E-state index in [1.165, 1.54) is 0 Å². The molecule has 1 unspecified atom stereocenters. The quantitative estimate of drug-likeness (QED) is 0.678. The smallest absolute Gasteiger partial charge is 0.319 e. The molecule has 1 aromatic heterocycles. The number of imidazole rings is 1. The number of nitrogens with zero attached hydrogens (tertiary/aromatic N) is 2. The Hall–Kier alpha value is -2.80. The number of hydrogen-bond acceptors (Lipinski definition) is 3. The van der Waals surface area contributed by atoms with Crippen LogP contribution in [0, 0.1) is 0 Å². The van der Waals surface area contributed by atoms with Gasteiger partial charge in [0.15, 0.2) is 0 Å². The van der Waals surface area contributed by atoms with E-state index in [0.29, 0.717) is 12.2 Å². The highest BCUT2D eigenvalue weighted by Gasteiger charge is 2.30. The maximum atomic E-state index is 12.3. The van der Waals surface area contributed by atoms with E-state index < -0.39 is 0 Å². The molecule has 3 aromatic rings. The maximum Gasteiger partial charge on any atom is 0.319 e. The molecule has 0 fully saturated rings. The molecule has 0 bridgehead atoms. The first kappa shape index (κ1) is 16.7. The number of rotatable bonds is 4. The molecule has 0 radical (unpaired) electrons. The number of urea groups is 1. The summed E-state index contributed by atoms with van der Waals surface area (Å²) in [6.45, 7) is 0.459. The molecule has 1 aliphatic heterocycles. The number of hydrogen-bond donors (Lipinski definition) is 2. The Bertz CT molecular complexity index is 952. The number of amides is 2. The van der Waals surface area contributed by atoms with Crippen molar-refractivity contribution < 1.29 is 9.53 Å². The molecule has 2 aromatic carbocycles. The molecule has 1 atom stereocenters. The molecule has 26 heavy (non-hydrogen) atoms. The van der Waals surface area contributed by atoms with E-state index in [2.05, 4.69) is 42.2 Å². The Morgan fingerprint density at radius 3 is 2.85 bits per heavy atom. The summed E-state index contributed by atoms with van der Waals surface area (Å²) in [5.41, 5.74) is 4.07. The topological polar surface area (TPSA) is 68.2 Å². The van der Waals surface area contributed by atoms with Crippen LogP contribution in [0.25, 0.3) is 11.3 Å². The van der Waals surface area contributed by atoms with Gasteiger partial charge in [-0.3, -0.25) is 0 Å². The van der Waals surface area contributed by atoms with Crippen molar-refractivity contribution in [3.8, 4) is 17.0 Å². The Labute approximate surface area is 159 Å². The molecule has 0 aliphatic carbocycles. The number of nitrogens with one attached hydrogen (secondary N) is 2. The summed E-state index contributed by atoms with van der Waals surface area (Å²) >= 11 is 3.63. The van der Waals surface area contributed by atoms with E-state index in [1.54, 1.807) is 37.7 Å². The van der Waals surface area contributed by atoms with Crippen LogP contribution >= 0.6 is 15.9 Å². The normalized spacial score (nSPS) is 14.5. The molecule has 2 amide bonds. The number of methoxy groups -OCH3 is 1. The molecule has 0 saturated heterocycles. The number of carbonyl (C=O) groups is 1. The predicted molar refractivity (Wildman–Crippen MR) is 104 cm³/mol. The summed E-state index contributed by atoms with van der Waals surface area (Å²) in [6, 6.07) is 13.1. The minimum atomic E-state index is -0.252.